The van der Waals surface area contributed by atoms with Gasteiger partial charge in [-0.15, -0.1) is 0 Å². The average molecular weight is 284 g/mol. The van der Waals surface area contributed by atoms with Crippen molar-refractivity contribution in [3.63, 3.8) is 0 Å². The van der Waals surface area contributed by atoms with Crippen LogP contribution in [-0.4, -0.2) is 7.05 Å². The highest BCUT2D eigenvalue weighted by Gasteiger charge is 2.15. The fourth-order valence-electron chi connectivity index (χ4n) is 1.97. The maximum atomic E-state index is 3.60. The Bertz CT molecular complexity index is 336. The molecular weight excluding hydrogens is 262 g/mol. The number of rotatable bonds is 5. The van der Waals surface area contributed by atoms with Crippen molar-refractivity contribution in [2.24, 2.45) is 5.92 Å². The van der Waals surface area contributed by atoms with Gasteiger partial charge in [-0.05, 0) is 43.5 Å². The Balaban J connectivity index is 2.90. The zero-order valence-electron chi connectivity index (χ0n) is 10.7. The van der Waals surface area contributed by atoms with Crippen LogP contribution in [0, 0.1) is 12.8 Å². The van der Waals surface area contributed by atoms with E-state index < -0.39 is 0 Å². The van der Waals surface area contributed by atoms with Gasteiger partial charge in [0.05, 0.1) is 0 Å². The fraction of sp³-hybridized carbons (Fsp3) is 0.571. The molecule has 0 bridgehead atoms. The summed E-state index contributed by atoms with van der Waals surface area (Å²) < 4.78 is 1.20. The van der Waals surface area contributed by atoms with E-state index in [1.165, 1.54) is 28.4 Å². The summed E-state index contributed by atoms with van der Waals surface area (Å²) in [7, 11) is 2.05. The van der Waals surface area contributed by atoms with Crippen molar-refractivity contribution in [1.82, 2.24) is 5.32 Å². The summed E-state index contributed by atoms with van der Waals surface area (Å²) in [5.74, 6) is 0.760. The molecule has 0 aliphatic heterocycles. The first-order chi connectivity index (χ1) is 7.60. The predicted octanol–water partition coefficient (Wildman–Crippen LogP) is 4.45. The van der Waals surface area contributed by atoms with Gasteiger partial charge in [0.1, 0.15) is 0 Å². The van der Waals surface area contributed by atoms with Crippen LogP contribution in [0.5, 0.6) is 0 Å². The van der Waals surface area contributed by atoms with Crippen LogP contribution in [0.25, 0.3) is 0 Å². The van der Waals surface area contributed by atoms with Gasteiger partial charge in [-0.1, -0.05) is 48.3 Å². The van der Waals surface area contributed by atoms with E-state index in [0.717, 1.165) is 5.92 Å². The van der Waals surface area contributed by atoms with E-state index in [9.17, 15) is 0 Å². The lowest BCUT2D eigenvalue weighted by Gasteiger charge is -2.22. The number of hydrogen-bond donors (Lipinski definition) is 1. The Hall–Kier alpha value is -0.340. The van der Waals surface area contributed by atoms with Crippen molar-refractivity contribution in [1.29, 1.82) is 0 Å². The third-order valence-electron chi connectivity index (χ3n) is 3.37. The number of hydrogen-bond acceptors (Lipinski definition) is 1. The SMILES string of the molecule is CCC(C)CC(NC)c1cccc(Br)c1C. The molecular formula is C14H22BrN. The molecule has 0 spiro atoms. The van der Waals surface area contributed by atoms with E-state index in [2.05, 4.69) is 60.2 Å². The number of halogens is 1. The smallest absolute Gasteiger partial charge is 0.0323 e. The van der Waals surface area contributed by atoms with Gasteiger partial charge in [0.25, 0.3) is 0 Å². The van der Waals surface area contributed by atoms with Crippen LogP contribution in [0.2, 0.25) is 0 Å². The second-order valence-corrected chi connectivity index (χ2v) is 5.40. The third-order valence-corrected chi connectivity index (χ3v) is 4.23. The van der Waals surface area contributed by atoms with Crippen molar-refractivity contribution in [3.05, 3.63) is 33.8 Å². The molecule has 0 heterocycles. The molecule has 0 amide bonds. The zero-order valence-corrected chi connectivity index (χ0v) is 12.3. The molecule has 1 nitrogen and oxygen atoms in total. The van der Waals surface area contributed by atoms with E-state index in [0.29, 0.717) is 6.04 Å². The number of benzene rings is 1. The highest BCUT2D eigenvalue weighted by molar-refractivity contribution is 9.10. The molecule has 2 atom stereocenters. The molecule has 16 heavy (non-hydrogen) atoms. The second kappa shape index (κ2) is 6.41. The maximum Gasteiger partial charge on any atom is 0.0323 e. The van der Waals surface area contributed by atoms with Crippen LogP contribution in [0.3, 0.4) is 0 Å². The van der Waals surface area contributed by atoms with Gasteiger partial charge < -0.3 is 5.32 Å². The van der Waals surface area contributed by atoms with Gasteiger partial charge in [-0.2, -0.15) is 0 Å². The monoisotopic (exact) mass is 283 g/mol. The van der Waals surface area contributed by atoms with Gasteiger partial charge in [-0.25, -0.2) is 0 Å². The molecule has 1 aromatic carbocycles. The highest BCUT2D eigenvalue weighted by atomic mass is 79.9. The van der Waals surface area contributed by atoms with Gasteiger partial charge in [-0.3, -0.25) is 0 Å². The molecule has 1 aromatic rings. The summed E-state index contributed by atoms with van der Waals surface area (Å²) in [6, 6.07) is 6.92. The lowest BCUT2D eigenvalue weighted by molar-refractivity contribution is 0.421. The average Bonchev–Trinajstić information content (AvgIpc) is 2.29. The minimum absolute atomic E-state index is 0.465. The third kappa shape index (κ3) is 3.33. The van der Waals surface area contributed by atoms with E-state index in [1.807, 2.05) is 7.05 Å². The first-order valence-electron chi connectivity index (χ1n) is 6.02. The molecule has 0 aliphatic carbocycles. The van der Waals surface area contributed by atoms with Crippen LogP contribution in [0.15, 0.2) is 22.7 Å². The van der Waals surface area contributed by atoms with Crippen LogP contribution in [0.1, 0.15) is 43.9 Å². The minimum atomic E-state index is 0.465. The van der Waals surface area contributed by atoms with Gasteiger partial charge in [0.2, 0.25) is 0 Å². The van der Waals surface area contributed by atoms with Crippen molar-refractivity contribution in [3.8, 4) is 0 Å². The standard InChI is InChI=1S/C14H22BrN/c1-5-10(2)9-14(16-4)12-7-6-8-13(15)11(12)3/h6-8,10,14,16H,5,9H2,1-4H3. The second-order valence-electron chi connectivity index (χ2n) is 4.54. The quantitative estimate of drug-likeness (QED) is 0.842. The van der Waals surface area contributed by atoms with Crippen LogP contribution in [0.4, 0.5) is 0 Å². The lowest BCUT2D eigenvalue weighted by Crippen LogP contribution is -2.20. The molecule has 0 saturated carbocycles. The first kappa shape index (κ1) is 13.7. The molecule has 0 aliphatic rings. The van der Waals surface area contributed by atoms with Gasteiger partial charge >= 0.3 is 0 Å². The van der Waals surface area contributed by atoms with Crippen molar-refractivity contribution in [2.45, 2.75) is 39.7 Å². The molecule has 2 unspecified atom stereocenters. The first-order valence-corrected chi connectivity index (χ1v) is 6.81. The summed E-state index contributed by atoms with van der Waals surface area (Å²) in [4.78, 5) is 0. The van der Waals surface area contributed by atoms with Crippen LogP contribution >= 0.6 is 15.9 Å². The van der Waals surface area contributed by atoms with E-state index >= 15 is 0 Å². The van der Waals surface area contributed by atoms with Crippen molar-refractivity contribution in [2.75, 3.05) is 7.05 Å². The summed E-state index contributed by atoms with van der Waals surface area (Å²) in [5, 5.41) is 3.43. The summed E-state index contributed by atoms with van der Waals surface area (Å²) in [5.41, 5.74) is 2.77. The Morgan fingerprint density at radius 3 is 2.62 bits per heavy atom. The van der Waals surface area contributed by atoms with E-state index in [1.54, 1.807) is 0 Å². The van der Waals surface area contributed by atoms with Gasteiger partial charge in [0, 0.05) is 10.5 Å². The highest BCUT2D eigenvalue weighted by Crippen LogP contribution is 2.28. The Morgan fingerprint density at radius 2 is 2.06 bits per heavy atom. The van der Waals surface area contributed by atoms with Crippen LogP contribution < -0.4 is 5.32 Å². The topological polar surface area (TPSA) is 12.0 Å². The molecule has 1 rings (SSSR count). The zero-order chi connectivity index (χ0) is 12.1. The van der Waals surface area contributed by atoms with E-state index in [-0.39, 0.29) is 0 Å². The number of nitrogens with one attached hydrogen (secondary N) is 1. The molecule has 0 fully saturated rings. The molecule has 2 heteroatoms. The molecule has 0 radical (unpaired) electrons. The van der Waals surface area contributed by atoms with Crippen molar-refractivity contribution >= 4 is 15.9 Å². The minimum Gasteiger partial charge on any atom is -0.313 e. The summed E-state index contributed by atoms with van der Waals surface area (Å²) in [6.07, 6.45) is 2.44. The Labute approximate surface area is 108 Å². The molecule has 1 N–H and O–H groups in total. The molecule has 90 valence electrons. The predicted molar refractivity (Wildman–Crippen MR) is 74.8 cm³/mol. The van der Waals surface area contributed by atoms with Gasteiger partial charge in [0.15, 0.2) is 0 Å². The summed E-state index contributed by atoms with van der Waals surface area (Å²) in [6.45, 7) is 6.75. The Morgan fingerprint density at radius 1 is 1.38 bits per heavy atom. The van der Waals surface area contributed by atoms with E-state index in [4.69, 9.17) is 0 Å². The maximum absolute atomic E-state index is 3.60. The summed E-state index contributed by atoms with van der Waals surface area (Å²) >= 11 is 3.60. The fourth-order valence-corrected chi connectivity index (χ4v) is 2.35. The van der Waals surface area contributed by atoms with Crippen LogP contribution in [-0.2, 0) is 0 Å². The largest absolute Gasteiger partial charge is 0.313 e. The normalized spacial score (nSPS) is 14.8. The lowest BCUT2D eigenvalue weighted by atomic mass is 9.92. The molecule has 0 aromatic heterocycles. The van der Waals surface area contributed by atoms with Crippen molar-refractivity contribution < 1.29 is 0 Å². The Kier molecular flexibility index (Phi) is 5.50. The molecule has 0 saturated heterocycles.